The number of rotatable bonds is 6. The van der Waals surface area contributed by atoms with Gasteiger partial charge in [-0.05, 0) is 32.9 Å². The van der Waals surface area contributed by atoms with E-state index in [9.17, 15) is 22.4 Å². The minimum Gasteiger partial charge on any atom is -0.394 e. The molecule has 0 amide bonds. The van der Waals surface area contributed by atoms with Gasteiger partial charge in [-0.3, -0.25) is 9.69 Å². The number of nitrogens with one attached hydrogen (secondary N) is 1. The van der Waals surface area contributed by atoms with Gasteiger partial charge in [-0.1, -0.05) is 12.1 Å². The van der Waals surface area contributed by atoms with Crippen molar-refractivity contribution in [2.45, 2.75) is 39.0 Å². The summed E-state index contributed by atoms with van der Waals surface area (Å²) in [5.41, 5.74) is 10.3. The Kier molecular flexibility index (Phi) is 7.63. The lowest BCUT2D eigenvalue weighted by molar-refractivity contribution is -0.140. The minimum absolute atomic E-state index is 0.0951. The minimum atomic E-state index is -4.83. The Morgan fingerprint density at radius 2 is 1.80 bits per heavy atom. The number of nitrogens with two attached hydrogens (primary N) is 2. The number of anilines is 2. The predicted octanol–water partition coefficient (Wildman–Crippen LogP) is 2.98. The molecule has 1 aromatic carbocycles. The summed E-state index contributed by atoms with van der Waals surface area (Å²) in [6.45, 7) is 8.70. The third kappa shape index (κ3) is 5.69. The zero-order chi connectivity index (χ0) is 26.1. The number of hydrogen-bond acceptors (Lipinski definition) is 7. The van der Waals surface area contributed by atoms with E-state index in [2.05, 4.69) is 29.2 Å². The number of nitrogens with zero attached hydrogens (tertiary/aromatic N) is 4. The lowest BCUT2D eigenvalue weighted by Gasteiger charge is -2.38. The zero-order valence-electron chi connectivity index (χ0n) is 20.2. The molecular weight excluding hydrogens is 466 g/mol. The summed E-state index contributed by atoms with van der Waals surface area (Å²) in [5, 5.41) is 7.08. The maximum atomic E-state index is 14.7. The van der Waals surface area contributed by atoms with E-state index < -0.39 is 29.2 Å². The van der Waals surface area contributed by atoms with Crippen molar-refractivity contribution in [1.82, 2.24) is 19.6 Å². The number of aryl methyl sites for hydroxylation is 1. The van der Waals surface area contributed by atoms with Gasteiger partial charge in [-0.25, -0.2) is 9.07 Å². The molecule has 0 saturated carbocycles. The number of halogens is 4. The molecule has 0 aliphatic carbocycles. The van der Waals surface area contributed by atoms with Crippen LogP contribution in [0, 0.1) is 5.82 Å². The molecule has 0 radical (unpaired) electrons. The second-order valence-corrected chi connectivity index (χ2v) is 8.86. The Bertz CT molecular complexity index is 1150. The number of alkyl halides is 3. The van der Waals surface area contributed by atoms with Crippen LogP contribution in [0.15, 0.2) is 28.8 Å². The molecule has 1 aromatic heterocycles. The first-order valence-electron chi connectivity index (χ1n) is 11.3. The fourth-order valence-electron chi connectivity index (χ4n) is 4.04. The van der Waals surface area contributed by atoms with Crippen molar-refractivity contribution in [3.8, 4) is 0 Å². The van der Waals surface area contributed by atoms with Crippen molar-refractivity contribution in [2.24, 2.45) is 12.8 Å². The zero-order valence-corrected chi connectivity index (χ0v) is 20.2. The maximum absolute atomic E-state index is 14.7. The number of benzene rings is 1. The van der Waals surface area contributed by atoms with Crippen molar-refractivity contribution >= 4 is 17.6 Å². The van der Waals surface area contributed by atoms with Crippen molar-refractivity contribution in [3.63, 3.8) is 0 Å². The van der Waals surface area contributed by atoms with Gasteiger partial charge in [0, 0.05) is 44.8 Å². The number of aromatic nitrogens is 2. The Morgan fingerprint density at radius 1 is 1.17 bits per heavy atom. The highest BCUT2D eigenvalue weighted by Gasteiger charge is 2.35. The van der Waals surface area contributed by atoms with Crippen LogP contribution in [0.25, 0.3) is 6.08 Å². The fraction of sp³-hybridized carbons (Fsp3) is 0.478. The predicted molar refractivity (Wildman–Crippen MR) is 128 cm³/mol. The summed E-state index contributed by atoms with van der Waals surface area (Å²) in [5.74, 6) is -0.911. The molecular formula is C23H31F4N7O. The first-order valence-corrected chi connectivity index (χ1v) is 11.3. The maximum Gasteiger partial charge on any atom is 0.419 e. The lowest BCUT2D eigenvalue weighted by Crippen LogP contribution is -2.49. The van der Waals surface area contributed by atoms with Crippen LogP contribution in [0.4, 0.5) is 29.1 Å². The first-order chi connectivity index (χ1) is 16.3. The van der Waals surface area contributed by atoms with E-state index in [-0.39, 0.29) is 22.6 Å². The summed E-state index contributed by atoms with van der Waals surface area (Å²) in [6.07, 6.45) is -3.31. The van der Waals surface area contributed by atoms with Crippen LogP contribution in [-0.4, -0.2) is 51.8 Å². The molecule has 1 saturated heterocycles. The van der Waals surface area contributed by atoms with E-state index in [1.165, 1.54) is 26.1 Å². The molecule has 5 N–H and O–H groups in total. The SMILES string of the molecule is CC(C)N1CCN(/C(N)=C/c2c(N[C@H](C)c3cccc(C(F)(F)F)c3F)nn(C)c(=O)c2N)CC1. The second-order valence-electron chi connectivity index (χ2n) is 8.86. The van der Waals surface area contributed by atoms with E-state index in [0.29, 0.717) is 31.0 Å². The topological polar surface area (TPSA) is 105 Å². The van der Waals surface area contributed by atoms with E-state index in [1.807, 2.05) is 4.90 Å². The molecule has 2 heterocycles. The smallest absolute Gasteiger partial charge is 0.394 e. The summed E-state index contributed by atoms with van der Waals surface area (Å²) >= 11 is 0. The van der Waals surface area contributed by atoms with Crippen LogP contribution in [0.5, 0.6) is 0 Å². The van der Waals surface area contributed by atoms with Gasteiger partial charge >= 0.3 is 6.18 Å². The monoisotopic (exact) mass is 497 g/mol. The molecule has 3 rings (SSSR count). The van der Waals surface area contributed by atoms with Crippen molar-refractivity contribution in [1.29, 1.82) is 0 Å². The largest absolute Gasteiger partial charge is 0.419 e. The summed E-state index contributed by atoms with van der Waals surface area (Å²) in [6, 6.07) is 2.56. The van der Waals surface area contributed by atoms with Gasteiger partial charge in [0.2, 0.25) is 0 Å². The third-order valence-electron chi connectivity index (χ3n) is 6.18. The summed E-state index contributed by atoms with van der Waals surface area (Å²) < 4.78 is 55.2. The quantitative estimate of drug-likeness (QED) is 0.527. The van der Waals surface area contributed by atoms with Crippen molar-refractivity contribution in [3.05, 3.63) is 56.9 Å². The molecule has 2 aromatic rings. The lowest BCUT2D eigenvalue weighted by atomic mass is 10.0. The van der Waals surface area contributed by atoms with Crippen LogP contribution in [-0.2, 0) is 13.2 Å². The molecule has 1 aliphatic heterocycles. The number of hydrogen-bond donors (Lipinski definition) is 3. The number of nitrogen functional groups attached to an aromatic ring is 1. The molecule has 0 unspecified atom stereocenters. The van der Waals surface area contributed by atoms with E-state index in [1.54, 1.807) is 0 Å². The van der Waals surface area contributed by atoms with Gasteiger partial charge in [0.15, 0.2) is 5.82 Å². The Labute approximate surface area is 201 Å². The van der Waals surface area contributed by atoms with Gasteiger partial charge in [-0.15, -0.1) is 0 Å². The fourth-order valence-corrected chi connectivity index (χ4v) is 4.04. The van der Waals surface area contributed by atoms with E-state index >= 15 is 0 Å². The molecule has 1 atom stereocenters. The Morgan fingerprint density at radius 3 is 2.37 bits per heavy atom. The van der Waals surface area contributed by atoms with Crippen LogP contribution < -0.4 is 22.3 Å². The molecule has 1 aliphatic rings. The highest BCUT2D eigenvalue weighted by molar-refractivity contribution is 5.74. The van der Waals surface area contributed by atoms with Crippen LogP contribution in [0.2, 0.25) is 0 Å². The molecule has 0 spiro atoms. The first kappa shape index (κ1) is 26.3. The van der Waals surface area contributed by atoms with Crippen LogP contribution >= 0.6 is 0 Å². The standard InChI is InChI=1S/C23H31F4N7O/c1-13(2)33-8-10-34(11-9-33)18(28)12-16-20(29)22(35)32(4)31-21(16)30-14(3)15-6-5-7-17(19(15)24)23(25,26)27/h5-7,12-14H,8-11,28-29H2,1-4H3,(H,30,31)/b18-12+/t14-/m1/s1. The van der Waals surface area contributed by atoms with Gasteiger partial charge in [0.1, 0.15) is 11.5 Å². The van der Waals surface area contributed by atoms with Gasteiger partial charge in [0.25, 0.3) is 5.56 Å². The Balaban J connectivity index is 1.95. The number of piperazine rings is 1. The van der Waals surface area contributed by atoms with Crippen LogP contribution in [0.3, 0.4) is 0 Å². The Hall–Kier alpha value is -3.28. The highest BCUT2D eigenvalue weighted by atomic mass is 19.4. The van der Waals surface area contributed by atoms with Gasteiger partial charge < -0.3 is 21.7 Å². The molecule has 0 bridgehead atoms. The van der Waals surface area contributed by atoms with E-state index in [4.69, 9.17) is 11.5 Å². The molecule has 35 heavy (non-hydrogen) atoms. The average Bonchev–Trinajstić information content (AvgIpc) is 2.79. The average molecular weight is 498 g/mol. The summed E-state index contributed by atoms with van der Waals surface area (Å²) in [4.78, 5) is 16.7. The van der Waals surface area contributed by atoms with Crippen molar-refractivity contribution < 1.29 is 17.6 Å². The van der Waals surface area contributed by atoms with Crippen molar-refractivity contribution in [2.75, 3.05) is 37.2 Å². The second kappa shape index (κ2) is 10.1. The normalized spacial score (nSPS) is 16.6. The molecule has 8 nitrogen and oxygen atoms in total. The molecule has 12 heteroatoms. The van der Waals surface area contributed by atoms with E-state index in [0.717, 1.165) is 23.8 Å². The van der Waals surface area contributed by atoms with Gasteiger partial charge in [0.05, 0.1) is 23.0 Å². The summed E-state index contributed by atoms with van der Waals surface area (Å²) in [7, 11) is 1.39. The van der Waals surface area contributed by atoms with Gasteiger partial charge in [-0.2, -0.15) is 18.3 Å². The molecule has 192 valence electrons. The highest BCUT2D eigenvalue weighted by Crippen LogP contribution is 2.35. The third-order valence-corrected chi connectivity index (χ3v) is 6.18. The molecule has 1 fully saturated rings. The van der Waals surface area contributed by atoms with Crippen LogP contribution in [0.1, 0.15) is 43.5 Å².